The van der Waals surface area contributed by atoms with Gasteiger partial charge >= 0.3 is 0 Å². The number of rotatable bonds is 5. The molecule has 0 atom stereocenters. The van der Waals surface area contributed by atoms with E-state index in [0.29, 0.717) is 28.0 Å². The van der Waals surface area contributed by atoms with Crippen molar-refractivity contribution >= 4 is 41.6 Å². The number of carbonyl (C=O) groups excluding carboxylic acids is 1. The maximum absolute atomic E-state index is 11.3. The van der Waals surface area contributed by atoms with Crippen molar-refractivity contribution in [2.75, 3.05) is 5.75 Å². The number of thiol groups is 1. The predicted molar refractivity (Wildman–Crippen MR) is 85.5 cm³/mol. The highest BCUT2D eigenvalue weighted by Gasteiger charge is 2.07. The Balaban J connectivity index is 2.13. The van der Waals surface area contributed by atoms with Gasteiger partial charge in [-0.15, -0.1) is 0 Å². The minimum atomic E-state index is 0.0516. The molecular weight excluding hydrogens is 315 g/mol. The van der Waals surface area contributed by atoms with E-state index in [0.717, 1.165) is 5.56 Å². The fourth-order valence-corrected chi connectivity index (χ4v) is 2.13. The van der Waals surface area contributed by atoms with Crippen molar-refractivity contribution < 1.29 is 9.53 Å². The van der Waals surface area contributed by atoms with Crippen molar-refractivity contribution in [2.45, 2.75) is 6.42 Å². The molecule has 0 spiro atoms. The molecule has 0 aliphatic rings. The smallest absolute Gasteiger partial charge is 0.146 e. The van der Waals surface area contributed by atoms with E-state index in [1.54, 1.807) is 36.4 Å². The number of hydrogen-bond acceptors (Lipinski definition) is 3. The van der Waals surface area contributed by atoms with Crippen LogP contribution in [0, 0.1) is 0 Å². The molecule has 2 aromatic carbocycles. The first-order valence-electron chi connectivity index (χ1n) is 5.93. The molecular formula is C15H12Cl2O2S. The zero-order chi connectivity index (χ0) is 14.5. The molecule has 2 aromatic rings. The fourth-order valence-electron chi connectivity index (χ4n) is 1.65. The molecule has 0 N–H and O–H groups in total. The summed E-state index contributed by atoms with van der Waals surface area (Å²) in [6.07, 6.45) is 0.324. The summed E-state index contributed by atoms with van der Waals surface area (Å²) in [5, 5.41) is 1.11. The highest BCUT2D eigenvalue weighted by Crippen LogP contribution is 2.30. The second-order valence-corrected chi connectivity index (χ2v) is 5.35. The van der Waals surface area contributed by atoms with Gasteiger partial charge < -0.3 is 4.74 Å². The van der Waals surface area contributed by atoms with Gasteiger partial charge in [0.25, 0.3) is 0 Å². The quantitative estimate of drug-likeness (QED) is 0.796. The summed E-state index contributed by atoms with van der Waals surface area (Å²) < 4.78 is 5.66. The summed E-state index contributed by atoms with van der Waals surface area (Å²) in [5.41, 5.74) is 0.845. The molecule has 0 unspecified atom stereocenters. The summed E-state index contributed by atoms with van der Waals surface area (Å²) in [4.78, 5) is 11.3. The molecule has 0 saturated heterocycles. The minimum Gasteiger partial charge on any atom is -0.456 e. The average molecular weight is 327 g/mol. The summed E-state index contributed by atoms with van der Waals surface area (Å²) in [7, 11) is 0. The minimum absolute atomic E-state index is 0.0516. The van der Waals surface area contributed by atoms with Crippen LogP contribution in [0.15, 0.2) is 42.5 Å². The van der Waals surface area contributed by atoms with Gasteiger partial charge in [0.2, 0.25) is 0 Å². The topological polar surface area (TPSA) is 26.3 Å². The van der Waals surface area contributed by atoms with Crippen molar-refractivity contribution in [1.82, 2.24) is 0 Å². The van der Waals surface area contributed by atoms with Crippen LogP contribution in [0.3, 0.4) is 0 Å². The third-order valence-electron chi connectivity index (χ3n) is 2.62. The van der Waals surface area contributed by atoms with Crippen LogP contribution in [-0.2, 0) is 11.2 Å². The first-order chi connectivity index (χ1) is 9.58. The van der Waals surface area contributed by atoms with Crippen molar-refractivity contribution in [3.8, 4) is 11.5 Å². The first-order valence-corrected chi connectivity index (χ1v) is 7.32. The van der Waals surface area contributed by atoms with Crippen molar-refractivity contribution in [1.29, 1.82) is 0 Å². The maximum atomic E-state index is 11.3. The highest BCUT2D eigenvalue weighted by atomic mass is 35.5. The Morgan fingerprint density at radius 3 is 2.40 bits per heavy atom. The SMILES string of the molecule is O=C(CS)Cc1ccc(Oc2ccc(Cl)cc2)c(Cl)c1. The fraction of sp³-hybridized carbons (Fsp3) is 0.133. The third-order valence-corrected chi connectivity index (χ3v) is 3.52. The molecule has 0 bridgehead atoms. The molecule has 0 amide bonds. The third kappa shape index (κ3) is 4.17. The van der Waals surface area contributed by atoms with Crippen LogP contribution >= 0.6 is 35.8 Å². The zero-order valence-corrected chi connectivity index (χ0v) is 12.9. The molecule has 2 nitrogen and oxygen atoms in total. The van der Waals surface area contributed by atoms with Crippen LogP contribution < -0.4 is 4.74 Å². The van der Waals surface area contributed by atoms with E-state index in [1.165, 1.54) is 0 Å². The molecule has 104 valence electrons. The van der Waals surface area contributed by atoms with Crippen LogP contribution in [0.2, 0.25) is 10.0 Å². The Kier molecular flexibility index (Phi) is 5.35. The van der Waals surface area contributed by atoms with Crippen molar-refractivity contribution in [3.05, 3.63) is 58.1 Å². The molecule has 20 heavy (non-hydrogen) atoms. The number of hydrogen-bond donors (Lipinski definition) is 1. The van der Waals surface area contributed by atoms with Gasteiger partial charge in [-0.1, -0.05) is 29.3 Å². The highest BCUT2D eigenvalue weighted by molar-refractivity contribution is 7.81. The van der Waals surface area contributed by atoms with Gasteiger partial charge in [-0.3, -0.25) is 4.79 Å². The Morgan fingerprint density at radius 1 is 1.10 bits per heavy atom. The zero-order valence-electron chi connectivity index (χ0n) is 10.5. The van der Waals surface area contributed by atoms with Gasteiger partial charge in [0.05, 0.1) is 5.02 Å². The van der Waals surface area contributed by atoms with E-state index in [1.807, 2.05) is 6.07 Å². The first kappa shape index (κ1) is 15.2. The Morgan fingerprint density at radius 2 is 1.80 bits per heavy atom. The van der Waals surface area contributed by atoms with E-state index in [2.05, 4.69) is 12.6 Å². The molecule has 0 saturated carbocycles. The average Bonchev–Trinajstić information content (AvgIpc) is 2.44. The van der Waals surface area contributed by atoms with Crippen molar-refractivity contribution in [2.24, 2.45) is 0 Å². The number of ether oxygens (including phenoxy) is 1. The molecule has 2 rings (SSSR count). The number of benzene rings is 2. The lowest BCUT2D eigenvalue weighted by Crippen LogP contribution is -2.03. The second kappa shape index (κ2) is 7.02. The molecule has 0 aliphatic carbocycles. The molecule has 0 aromatic heterocycles. The molecule has 0 heterocycles. The number of Topliss-reactive ketones (excluding diaryl/α,β-unsaturated/α-hetero) is 1. The molecule has 0 radical (unpaired) electrons. The largest absolute Gasteiger partial charge is 0.456 e. The van der Waals surface area contributed by atoms with E-state index < -0.39 is 0 Å². The second-order valence-electron chi connectivity index (χ2n) is 4.19. The van der Waals surface area contributed by atoms with Crippen LogP contribution in [-0.4, -0.2) is 11.5 Å². The lowest BCUT2D eigenvalue weighted by Gasteiger charge is -2.09. The number of halogens is 2. The van der Waals surface area contributed by atoms with Gasteiger partial charge in [-0.25, -0.2) is 0 Å². The molecule has 0 fully saturated rings. The number of ketones is 1. The van der Waals surface area contributed by atoms with E-state index >= 15 is 0 Å². The van der Waals surface area contributed by atoms with Crippen LogP contribution in [0.25, 0.3) is 0 Å². The van der Waals surface area contributed by atoms with Gasteiger partial charge in [0.15, 0.2) is 0 Å². The molecule has 0 aliphatic heterocycles. The Labute approximate surface area is 133 Å². The normalized spacial score (nSPS) is 10.3. The van der Waals surface area contributed by atoms with Gasteiger partial charge in [0, 0.05) is 17.2 Å². The summed E-state index contributed by atoms with van der Waals surface area (Å²) >= 11 is 15.9. The summed E-state index contributed by atoms with van der Waals surface area (Å²) in [5.74, 6) is 1.46. The molecule has 5 heteroatoms. The van der Waals surface area contributed by atoms with Crippen LogP contribution in [0.1, 0.15) is 5.56 Å². The van der Waals surface area contributed by atoms with Crippen molar-refractivity contribution in [3.63, 3.8) is 0 Å². The van der Waals surface area contributed by atoms with E-state index in [-0.39, 0.29) is 11.5 Å². The predicted octanol–water partition coefficient (Wildman–Crippen LogP) is 4.83. The van der Waals surface area contributed by atoms with E-state index in [9.17, 15) is 4.79 Å². The maximum Gasteiger partial charge on any atom is 0.146 e. The Bertz CT molecular complexity index is 612. The van der Waals surface area contributed by atoms with Crippen LogP contribution in [0.4, 0.5) is 0 Å². The standard InChI is InChI=1S/C15H12Cl2O2S/c16-11-2-4-13(5-3-11)19-15-6-1-10(8-14(15)17)7-12(18)9-20/h1-6,8,20H,7,9H2. The van der Waals surface area contributed by atoms with Gasteiger partial charge in [-0.2, -0.15) is 12.6 Å². The van der Waals surface area contributed by atoms with Gasteiger partial charge in [0.1, 0.15) is 17.3 Å². The van der Waals surface area contributed by atoms with E-state index in [4.69, 9.17) is 27.9 Å². The number of carbonyl (C=O) groups is 1. The summed E-state index contributed by atoms with van der Waals surface area (Å²) in [6.45, 7) is 0. The monoisotopic (exact) mass is 326 g/mol. The lowest BCUT2D eigenvalue weighted by molar-refractivity contribution is -0.115. The van der Waals surface area contributed by atoms with Crippen LogP contribution in [0.5, 0.6) is 11.5 Å². The van der Waals surface area contributed by atoms with Gasteiger partial charge in [-0.05, 0) is 42.0 Å². The summed E-state index contributed by atoms with van der Waals surface area (Å²) in [6, 6.07) is 12.3. The lowest BCUT2D eigenvalue weighted by atomic mass is 10.1. The Hall–Kier alpha value is -1.16.